The highest BCUT2D eigenvalue weighted by Gasteiger charge is 2.21. The summed E-state index contributed by atoms with van der Waals surface area (Å²) in [4.78, 5) is 20.2. The summed E-state index contributed by atoms with van der Waals surface area (Å²) >= 11 is 3.54. The Labute approximate surface area is 197 Å². The van der Waals surface area contributed by atoms with Gasteiger partial charge in [-0.05, 0) is 58.9 Å². The summed E-state index contributed by atoms with van der Waals surface area (Å²) in [5.74, 6) is 0.659. The number of carbonyl (C=O) groups excluding carboxylic acids is 1. The van der Waals surface area contributed by atoms with Crippen molar-refractivity contribution in [3.63, 3.8) is 0 Å². The van der Waals surface area contributed by atoms with Gasteiger partial charge in [-0.15, -0.1) is 0 Å². The molecule has 1 heterocycles. The highest BCUT2D eigenvalue weighted by Crippen LogP contribution is 2.31. The number of nitrogens with one attached hydrogen (secondary N) is 1. The van der Waals surface area contributed by atoms with Crippen LogP contribution in [0.3, 0.4) is 0 Å². The van der Waals surface area contributed by atoms with Gasteiger partial charge in [0.2, 0.25) is 0 Å². The van der Waals surface area contributed by atoms with Gasteiger partial charge in [-0.25, -0.2) is 9.78 Å². The molecule has 5 heteroatoms. The molecule has 1 unspecified atom stereocenters. The van der Waals surface area contributed by atoms with E-state index in [1.807, 2.05) is 36.4 Å². The number of rotatable bonds is 5. The lowest BCUT2D eigenvalue weighted by Gasteiger charge is -2.21. The fourth-order valence-electron chi connectivity index (χ4n) is 3.88. The first kappa shape index (κ1) is 22.3. The first-order chi connectivity index (χ1) is 15.2. The van der Waals surface area contributed by atoms with Gasteiger partial charge in [0, 0.05) is 10.4 Å². The Morgan fingerprint density at radius 1 is 1.03 bits per heavy atom. The second kappa shape index (κ2) is 8.91. The van der Waals surface area contributed by atoms with Crippen molar-refractivity contribution < 1.29 is 9.53 Å². The van der Waals surface area contributed by atoms with Crippen molar-refractivity contribution >= 4 is 32.9 Å². The summed E-state index contributed by atoms with van der Waals surface area (Å²) in [6.45, 7) is 6.67. The van der Waals surface area contributed by atoms with Crippen LogP contribution in [0.5, 0.6) is 0 Å². The molecule has 0 spiro atoms. The molecule has 4 aromatic rings. The minimum atomic E-state index is -0.325. The zero-order valence-electron chi connectivity index (χ0n) is 18.8. The molecule has 4 nitrogen and oxygen atoms in total. The van der Waals surface area contributed by atoms with Crippen LogP contribution in [-0.2, 0) is 16.6 Å². The average Bonchev–Trinajstić information content (AvgIpc) is 3.19. The number of carbonyl (C=O) groups is 1. The van der Waals surface area contributed by atoms with E-state index < -0.39 is 0 Å². The topological polar surface area (TPSA) is 55.0 Å². The fourth-order valence-corrected chi connectivity index (χ4v) is 4.25. The molecule has 0 saturated carbocycles. The highest BCUT2D eigenvalue weighted by atomic mass is 79.9. The van der Waals surface area contributed by atoms with Crippen LogP contribution in [0.15, 0.2) is 71.2 Å². The van der Waals surface area contributed by atoms with Crippen LogP contribution in [0.4, 0.5) is 0 Å². The summed E-state index contributed by atoms with van der Waals surface area (Å²) in [5.41, 5.74) is 6.24. The molecule has 1 atom stereocenters. The predicted molar refractivity (Wildman–Crippen MR) is 132 cm³/mol. The van der Waals surface area contributed by atoms with Gasteiger partial charge in [-0.1, -0.05) is 73.1 Å². The standard InChI is InChI=1S/C27H27BrN2O2/c1-27(2,3)20-11-9-18(10-12-20)22(15-17-5-7-19(8-6-17)26(31)32-4)25-29-23-14-13-21(28)16-24(23)30-25/h5-14,16,22H,15H2,1-4H3,(H,29,30). The van der Waals surface area contributed by atoms with Gasteiger partial charge >= 0.3 is 5.97 Å². The van der Waals surface area contributed by atoms with Crippen LogP contribution in [0.1, 0.15) is 59.6 Å². The first-order valence-electron chi connectivity index (χ1n) is 10.7. The monoisotopic (exact) mass is 490 g/mol. The summed E-state index contributed by atoms with van der Waals surface area (Å²) in [6.07, 6.45) is 0.761. The maximum Gasteiger partial charge on any atom is 0.337 e. The number of aromatic nitrogens is 2. The number of hydrogen-bond donors (Lipinski definition) is 1. The molecule has 4 rings (SSSR count). The van der Waals surface area contributed by atoms with E-state index in [1.165, 1.54) is 18.2 Å². The molecule has 0 amide bonds. The molecule has 32 heavy (non-hydrogen) atoms. The molecule has 0 aliphatic rings. The molecule has 1 aromatic heterocycles. The molecule has 3 aromatic carbocycles. The number of nitrogens with zero attached hydrogens (tertiary/aromatic N) is 1. The van der Waals surface area contributed by atoms with E-state index >= 15 is 0 Å². The van der Waals surface area contributed by atoms with E-state index in [4.69, 9.17) is 9.72 Å². The first-order valence-corrected chi connectivity index (χ1v) is 11.5. The largest absolute Gasteiger partial charge is 0.465 e. The molecule has 0 aliphatic heterocycles. The van der Waals surface area contributed by atoms with Crippen molar-refractivity contribution in [2.75, 3.05) is 7.11 Å². The molecular formula is C27H27BrN2O2. The van der Waals surface area contributed by atoms with Crippen LogP contribution in [0.2, 0.25) is 0 Å². The van der Waals surface area contributed by atoms with E-state index in [-0.39, 0.29) is 17.3 Å². The third-order valence-corrected chi connectivity index (χ3v) is 6.28. The quantitative estimate of drug-likeness (QED) is 0.313. The lowest BCUT2D eigenvalue weighted by atomic mass is 9.84. The van der Waals surface area contributed by atoms with E-state index in [0.717, 1.165) is 33.3 Å². The molecule has 0 bridgehead atoms. The number of fused-ring (bicyclic) bond motifs is 1. The van der Waals surface area contributed by atoms with Gasteiger partial charge in [0.25, 0.3) is 0 Å². The molecule has 0 aliphatic carbocycles. The maximum atomic E-state index is 11.8. The summed E-state index contributed by atoms with van der Waals surface area (Å²) in [6, 6.07) is 22.5. The second-order valence-electron chi connectivity index (χ2n) is 9.10. The van der Waals surface area contributed by atoms with Crippen molar-refractivity contribution in [2.45, 2.75) is 38.5 Å². The van der Waals surface area contributed by atoms with Crippen molar-refractivity contribution in [1.82, 2.24) is 9.97 Å². The van der Waals surface area contributed by atoms with Crippen LogP contribution in [0, 0.1) is 0 Å². The van der Waals surface area contributed by atoms with Gasteiger partial charge in [0.15, 0.2) is 0 Å². The number of imidazole rings is 1. The molecular weight excluding hydrogens is 464 g/mol. The lowest BCUT2D eigenvalue weighted by Crippen LogP contribution is -2.12. The number of methoxy groups -OCH3 is 1. The zero-order valence-corrected chi connectivity index (χ0v) is 20.4. The maximum absolute atomic E-state index is 11.8. The number of aromatic amines is 1. The van der Waals surface area contributed by atoms with Crippen molar-refractivity contribution in [1.29, 1.82) is 0 Å². The van der Waals surface area contributed by atoms with E-state index in [2.05, 4.69) is 72.0 Å². The predicted octanol–water partition coefficient (Wildman–Crippen LogP) is 6.78. The summed E-state index contributed by atoms with van der Waals surface area (Å²) in [5, 5.41) is 0. The van der Waals surface area contributed by atoms with E-state index in [1.54, 1.807) is 0 Å². The Balaban J connectivity index is 1.72. The zero-order chi connectivity index (χ0) is 22.9. The number of halogens is 1. The minimum Gasteiger partial charge on any atom is -0.465 e. The SMILES string of the molecule is COC(=O)c1ccc(CC(c2ccc(C(C)(C)C)cc2)c2nc3ccc(Br)cc3[nH]2)cc1. The van der Waals surface area contributed by atoms with Crippen LogP contribution in [0.25, 0.3) is 11.0 Å². The number of ether oxygens (including phenoxy) is 1. The Morgan fingerprint density at radius 2 is 1.72 bits per heavy atom. The Hall–Kier alpha value is -2.92. The number of esters is 1. The number of hydrogen-bond acceptors (Lipinski definition) is 3. The minimum absolute atomic E-state index is 0.0548. The number of H-pyrrole nitrogens is 1. The van der Waals surface area contributed by atoms with Gasteiger partial charge < -0.3 is 9.72 Å². The Morgan fingerprint density at radius 3 is 2.34 bits per heavy atom. The summed E-state index contributed by atoms with van der Waals surface area (Å²) in [7, 11) is 1.40. The fraction of sp³-hybridized carbons (Fsp3) is 0.259. The number of benzene rings is 3. The smallest absolute Gasteiger partial charge is 0.337 e. The van der Waals surface area contributed by atoms with Gasteiger partial charge in [0.1, 0.15) is 5.82 Å². The average molecular weight is 491 g/mol. The summed E-state index contributed by atoms with van der Waals surface area (Å²) < 4.78 is 5.84. The lowest BCUT2D eigenvalue weighted by molar-refractivity contribution is 0.0600. The van der Waals surface area contributed by atoms with Crippen molar-refractivity contribution in [3.05, 3.63) is 99.3 Å². The van der Waals surface area contributed by atoms with Crippen molar-refractivity contribution in [2.24, 2.45) is 0 Å². The normalized spacial score (nSPS) is 12.7. The molecule has 0 saturated heterocycles. The van der Waals surface area contributed by atoms with E-state index in [9.17, 15) is 4.79 Å². The van der Waals surface area contributed by atoms with Gasteiger partial charge in [-0.2, -0.15) is 0 Å². The highest BCUT2D eigenvalue weighted by molar-refractivity contribution is 9.10. The second-order valence-corrected chi connectivity index (χ2v) is 10.0. The van der Waals surface area contributed by atoms with Crippen LogP contribution >= 0.6 is 15.9 Å². The van der Waals surface area contributed by atoms with Crippen LogP contribution < -0.4 is 0 Å². The molecule has 0 radical (unpaired) electrons. The van der Waals surface area contributed by atoms with Gasteiger partial charge in [-0.3, -0.25) is 0 Å². The third-order valence-electron chi connectivity index (χ3n) is 5.79. The molecule has 164 valence electrons. The molecule has 1 N–H and O–H groups in total. The van der Waals surface area contributed by atoms with Crippen molar-refractivity contribution in [3.8, 4) is 0 Å². The third kappa shape index (κ3) is 4.78. The molecule has 0 fully saturated rings. The van der Waals surface area contributed by atoms with Gasteiger partial charge in [0.05, 0.1) is 23.7 Å². The van der Waals surface area contributed by atoms with Crippen LogP contribution in [-0.4, -0.2) is 23.0 Å². The Kier molecular flexibility index (Phi) is 6.20. The Bertz CT molecular complexity index is 1240. The van der Waals surface area contributed by atoms with E-state index in [0.29, 0.717) is 5.56 Å².